The van der Waals surface area contributed by atoms with Crippen LogP contribution in [0.25, 0.3) is 44.6 Å². The van der Waals surface area contributed by atoms with Crippen LogP contribution in [0.4, 0.5) is 0 Å². The number of hydrogen-bond donors (Lipinski definition) is 2. The van der Waals surface area contributed by atoms with Crippen LogP contribution in [-0.4, -0.2) is 59.9 Å². The van der Waals surface area contributed by atoms with Gasteiger partial charge in [0, 0.05) is 48.6 Å². The first-order chi connectivity index (χ1) is 17.9. The van der Waals surface area contributed by atoms with Gasteiger partial charge < -0.3 is 9.72 Å². The van der Waals surface area contributed by atoms with Gasteiger partial charge in [0.2, 0.25) is 0 Å². The summed E-state index contributed by atoms with van der Waals surface area (Å²) in [5.74, 6) is 1.13. The second-order valence-corrected chi connectivity index (χ2v) is 9.92. The van der Waals surface area contributed by atoms with E-state index in [9.17, 15) is 9.59 Å². The predicted octanol–water partition coefficient (Wildman–Crippen LogP) is 2.85. The largest absolute Gasteiger partial charge is 0.487 e. The van der Waals surface area contributed by atoms with Crippen molar-refractivity contribution in [3.63, 3.8) is 0 Å². The molecule has 0 spiro atoms. The Balaban J connectivity index is 1.52. The molecule has 2 aliphatic heterocycles. The molecule has 1 fully saturated rings. The lowest BCUT2D eigenvalue weighted by atomic mass is 10.1. The standard InChI is InChI=1S/C27H25N7O3/c1-14-6-7-28-25(29-14)16-11-20-24-21(12-16)37-17-10-15(2)33(13-17)8-9-34-27(36)19-5-3-4-18(22(19)32-34)23(31-24)26(35)30-20/h3-7,11-12,15,17,32H,8-10,13H2,1-2H3,(H,30,35)/t15-,17?/m1/s1. The molecule has 5 heterocycles. The van der Waals surface area contributed by atoms with Gasteiger partial charge in [-0.25, -0.2) is 15.0 Å². The summed E-state index contributed by atoms with van der Waals surface area (Å²) in [6.07, 6.45) is 2.49. The number of benzene rings is 2. The lowest BCUT2D eigenvalue weighted by Gasteiger charge is -2.21. The first-order valence-corrected chi connectivity index (χ1v) is 12.5. The molecule has 2 aliphatic rings. The first-order valence-electron chi connectivity index (χ1n) is 12.5. The number of nitrogens with zero attached hydrogens (tertiary/aromatic N) is 5. The zero-order valence-corrected chi connectivity index (χ0v) is 20.5. The van der Waals surface area contributed by atoms with Crippen molar-refractivity contribution in [2.24, 2.45) is 0 Å². The van der Waals surface area contributed by atoms with Crippen molar-refractivity contribution < 1.29 is 4.74 Å². The van der Waals surface area contributed by atoms with Crippen LogP contribution >= 0.6 is 0 Å². The van der Waals surface area contributed by atoms with E-state index in [2.05, 4.69) is 31.9 Å². The van der Waals surface area contributed by atoms with Crippen molar-refractivity contribution in [2.45, 2.75) is 39.0 Å². The summed E-state index contributed by atoms with van der Waals surface area (Å²) >= 11 is 0. The highest BCUT2D eigenvalue weighted by Gasteiger charge is 2.31. The monoisotopic (exact) mass is 495 g/mol. The Bertz CT molecular complexity index is 1820. The van der Waals surface area contributed by atoms with E-state index >= 15 is 0 Å². The third kappa shape index (κ3) is 3.55. The van der Waals surface area contributed by atoms with E-state index in [-0.39, 0.29) is 22.9 Å². The second-order valence-electron chi connectivity index (χ2n) is 9.92. The van der Waals surface area contributed by atoms with Crippen LogP contribution in [0.2, 0.25) is 0 Å². The molecule has 6 bridgehead atoms. The minimum atomic E-state index is -0.352. The number of aromatic amines is 2. The molecular weight excluding hydrogens is 470 g/mol. The summed E-state index contributed by atoms with van der Waals surface area (Å²) in [5.41, 5.74) is 3.62. The van der Waals surface area contributed by atoms with E-state index < -0.39 is 0 Å². The number of para-hydroxylation sites is 1. The van der Waals surface area contributed by atoms with Crippen molar-refractivity contribution >= 4 is 21.9 Å². The highest BCUT2D eigenvalue weighted by atomic mass is 16.5. The number of H-pyrrole nitrogens is 2. The average molecular weight is 496 g/mol. The number of fused-ring (bicyclic) bond motifs is 5. The number of nitrogens with one attached hydrogen (secondary N) is 2. The summed E-state index contributed by atoms with van der Waals surface area (Å²) in [6, 6.07) is 11.2. The highest BCUT2D eigenvalue weighted by Crippen LogP contribution is 2.33. The normalized spacial score (nSPS) is 21.0. The molecule has 1 saturated heterocycles. The number of aryl methyl sites for hydroxylation is 1. The van der Waals surface area contributed by atoms with Gasteiger partial charge >= 0.3 is 0 Å². The van der Waals surface area contributed by atoms with Gasteiger partial charge in [0.15, 0.2) is 5.82 Å². The van der Waals surface area contributed by atoms with Gasteiger partial charge in [0.25, 0.3) is 11.1 Å². The van der Waals surface area contributed by atoms with E-state index in [1.807, 2.05) is 31.2 Å². The van der Waals surface area contributed by atoms with Gasteiger partial charge in [0.05, 0.1) is 23.0 Å². The van der Waals surface area contributed by atoms with Crippen LogP contribution in [0.1, 0.15) is 19.0 Å². The number of ether oxygens (including phenoxy) is 1. The van der Waals surface area contributed by atoms with Crippen LogP contribution < -0.4 is 15.9 Å². The van der Waals surface area contributed by atoms with Gasteiger partial charge in [-0.05, 0) is 38.1 Å². The van der Waals surface area contributed by atoms with Gasteiger partial charge in [-0.2, -0.15) is 0 Å². The number of aromatic nitrogens is 6. The Morgan fingerprint density at radius 1 is 1.11 bits per heavy atom. The van der Waals surface area contributed by atoms with Gasteiger partial charge in [-0.3, -0.25) is 24.3 Å². The molecule has 186 valence electrons. The van der Waals surface area contributed by atoms with Crippen molar-refractivity contribution in [1.29, 1.82) is 0 Å². The van der Waals surface area contributed by atoms with Gasteiger partial charge in [-0.1, -0.05) is 12.1 Å². The summed E-state index contributed by atoms with van der Waals surface area (Å²) in [7, 11) is 0. The van der Waals surface area contributed by atoms with Crippen LogP contribution in [0, 0.1) is 6.92 Å². The molecule has 2 aromatic carbocycles. The van der Waals surface area contributed by atoms with E-state index in [0.29, 0.717) is 58.2 Å². The van der Waals surface area contributed by atoms with Crippen LogP contribution in [0.15, 0.2) is 52.2 Å². The summed E-state index contributed by atoms with van der Waals surface area (Å²) in [6.45, 7) is 6.04. The zero-order valence-electron chi connectivity index (χ0n) is 20.5. The van der Waals surface area contributed by atoms with E-state index in [0.717, 1.165) is 24.2 Å². The molecule has 0 aliphatic carbocycles. The van der Waals surface area contributed by atoms with E-state index in [4.69, 9.17) is 9.72 Å². The van der Waals surface area contributed by atoms with Crippen molar-refractivity contribution in [3.8, 4) is 28.4 Å². The first kappa shape index (κ1) is 21.9. The van der Waals surface area contributed by atoms with Gasteiger partial charge in [-0.15, -0.1) is 0 Å². The lowest BCUT2D eigenvalue weighted by Crippen LogP contribution is -2.33. The van der Waals surface area contributed by atoms with Crippen molar-refractivity contribution in [1.82, 2.24) is 34.6 Å². The maximum atomic E-state index is 13.4. The fourth-order valence-electron chi connectivity index (χ4n) is 5.54. The van der Waals surface area contributed by atoms with Crippen molar-refractivity contribution in [2.75, 3.05) is 13.1 Å². The third-order valence-corrected chi connectivity index (χ3v) is 7.43. The Hall–Kier alpha value is -4.31. The smallest absolute Gasteiger partial charge is 0.275 e. The molecule has 2 unspecified atom stereocenters. The molecule has 10 nitrogen and oxygen atoms in total. The molecule has 0 amide bonds. The fourth-order valence-corrected chi connectivity index (χ4v) is 5.54. The van der Waals surface area contributed by atoms with Crippen LogP contribution in [-0.2, 0) is 6.54 Å². The number of hydrogen-bond acceptors (Lipinski definition) is 7. The lowest BCUT2D eigenvalue weighted by molar-refractivity contribution is 0.195. The molecule has 5 aromatic rings. The topological polar surface area (TPSA) is 122 Å². The molecule has 0 saturated carbocycles. The maximum Gasteiger partial charge on any atom is 0.275 e. The summed E-state index contributed by atoms with van der Waals surface area (Å²) in [5, 5.41) is 3.78. The van der Waals surface area contributed by atoms with Gasteiger partial charge in [0.1, 0.15) is 23.1 Å². The number of rotatable bonds is 1. The SMILES string of the molecule is Cc1ccnc(-c2cc3c4nc(c(=O)[nH]c4c2)-c2cccc4c(=O)n([nH]c24)CCN2CC(C[C@H]2C)O3)n1. The van der Waals surface area contributed by atoms with Crippen molar-refractivity contribution in [3.05, 3.63) is 69.0 Å². The fraction of sp³-hybridized carbons (Fsp3) is 0.296. The minimum Gasteiger partial charge on any atom is -0.487 e. The maximum absolute atomic E-state index is 13.4. The zero-order chi connectivity index (χ0) is 25.3. The predicted molar refractivity (Wildman–Crippen MR) is 140 cm³/mol. The molecule has 3 aromatic heterocycles. The Kier molecular flexibility index (Phi) is 4.80. The average Bonchev–Trinajstić information content (AvgIpc) is 3.40. The third-order valence-electron chi connectivity index (χ3n) is 7.43. The molecular formula is C27H25N7O3. The highest BCUT2D eigenvalue weighted by molar-refractivity contribution is 5.94. The summed E-state index contributed by atoms with van der Waals surface area (Å²) in [4.78, 5) is 45.7. The van der Waals surface area contributed by atoms with Crippen LogP contribution in [0.3, 0.4) is 0 Å². The molecule has 10 heteroatoms. The van der Waals surface area contributed by atoms with Crippen LogP contribution in [0.5, 0.6) is 5.75 Å². The second kappa shape index (κ2) is 8.10. The quantitative estimate of drug-likeness (QED) is 0.367. The Labute approximate surface area is 210 Å². The molecule has 2 N–H and O–H groups in total. The summed E-state index contributed by atoms with van der Waals surface area (Å²) < 4.78 is 8.21. The minimum absolute atomic E-state index is 0.0640. The van der Waals surface area contributed by atoms with E-state index in [1.165, 1.54) is 0 Å². The Morgan fingerprint density at radius 2 is 2.00 bits per heavy atom. The molecule has 7 rings (SSSR count). The molecule has 3 atom stereocenters. The Morgan fingerprint density at radius 3 is 2.86 bits per heavy atom. The molecule has 0 radical (unpaired) electrons. The molecule has 37 heavy (non-hydrogen) atoms. The van der Waals surface area contributed by atoms with E-state index in [1.54, 1.807) is 23.0 Å².